The summed E-state index contributed by atoms with van der Waals surface area (Å²) in [5, 5.41) is 2.68. The molecule has 0 saturated carbocycles. The summed E-state index contributed by atoms with van der Waals surface area (Å²) >= 11 is 3.98. The topological polar surface area (TPSA) is 4.93 Å². The maximum atomic E-state index is 2.71. The molecule has 0 atom stereocenters. The molecule has 0 saturated heterocycles. The van der Waals surface area contributed by atoms with Crippen molar-refractivity contribution in [3.05, 3.63) is 159 Å². The van der Waals surface area contributed by atoms with Gasteiger partial charge < -0.3 is 4.57 Å². The number of nitrogens with zero attached hydrogens (tertiary/aromatic N) is 1. The quantitative estimate of drug-likeness (QED) is 0.133. The standard InChI is InChI=1S/C64H71B2NS2/c1-34(2)44-27-47(36(5)6)61(48(28-44)37(7)8)65-53-19-17-18-20-57(53)68-59-33-60-56(32-55(59)65)66(62-49(38(9)10)29-45(35(3)4)30-50(62)39(11)12)54-22-21-46(31-58(54)69-60)67-63-42(15)23-40(13)25-51(63)52-26-41(14)24-43(16)64(52)67/h17-39H,1-16H3. The number of hydrogen-bond donors (Lipinski definition) is 0. The summed E-state index contributed by atoms with van der Waals surface area (Å²) < 4.78 is 2.59. The lowest BCUT2D eigenvalue weighted by Crippen LogP contribution is -2.62. The Morgan fingerprint density at radius 3 is 1.22 bits per heavy atom. The van der Waals surface area contributed by atoms with Crippen molar-refractivity contribution in [2.75, 3.05) is 0 Å². The molecule has 0 amide bonds. The third-order valence-electron chi connectivity index (χ3n) is 15.6. The van der Waals surface area contributed by atoms with Crippen molar-refractivity contribution in [2.45, 2.75) is 166 Å². The van der Waals surface area contributed by atoms with Crippen LogP contribution >= 0.6 is 23.5 Å². The Balaban J connectivity index is 1.29. The van der Waals surface area contributed by atoms with Gasteiger partial charge in [-0.15, -0.1) is 0 Å². The first-order chi connectivity index (χ1) is 32.8. The van der Waals surface area contributed by atoms with E-state index in [1.165, 1.54) is 135 Å². The predicted octanol–water partition coefficient (Wildman–Crippen LogP) is 14.7. The molecule has 0 aliphatic carbocycles. The minimum atomic E-state index is 0.0683. The van der Waals surface area contributed by atoms with E-state index in [0.29, 0.717) is 35.5 Å². The van der Waals surface area contributed by atoms with Gasteiger partial charge in [0.1, 0.15) is 0 Å². The maximum Gasteiger partial charge on any atom is 0.244 e. The van der Waals surface area contributed by atoms with Crippen molar-refractivity contribution in [3.63, 3.8) is 0 Å². The molecule has 1 nitrogen and oxygen atoms in total. The Labute approximate surface area is 423 Å². The SMILES string of the molecule is Cc1cc(C)c2c(c1)c1cc(C)cc(C)c1n2-c1ccc2c(c1)Sc1cc3c(cc1B2c1c(C(C)C)cc(C(C)C)cc1C(C)C)B(c1c(C(C)C)cc(C(C)C)cc1C(C)C)c1ccccc1S3. The fourth-order valence-electron chi connectivity index (χ4n) is 12.2. The van der Waals surface area contributed by atoms with Crippen LogP contribution in [0.5, 0.6) is 0 Å². The van der Waals surface area contributed by atoms with Gasteiger partial charge >= 0.3 is 0 Å². The van der Waals surface area contributed by atoms with Crippen LogP contribution < -0.4 is 32.8 Å². The molecule has 1 aromatic heterocycles. The minimum absolute atomic E-state index is 0.0683. The number of fused-ring (bicyclic) bond motifs is 7. The first-order valence-corrected chi connectivity index (χ1v) is 27.6. The van der Waals surface area contributed by atoms with E-state index in [0.717, 1.165) is 0 Å². The Bertz CT molecular complexity index is 3240. The lowest BCUT2D eigenvalue weighted by Gasteiger charge is -2.36. The van der Waals surface area contributed by atoms with Crippen LogP contribution in [-0.2, 0) is 0 Å². The predicted molar refractivity (Wildman–Crippen MR) is 308 cm³/mol. The highest BCUT2D eigenvalue weighted by Crippen LogP contribution is 2.42. The zero-order valence-corrected chi connectivity index (χ0v) is 45.8. The summed E-state index contributed by atoms with van der Waals surface area (Å²) in [6, 6.07) is 42.0. The van der Waals surface area contributed by atoms with Crippen molar-refractivity contribution >= 4 is 91.5 Å². The van der Waals surface area contributed by atoms with Gasteiger partial charge in [-0.25, -0.2) is 0 Å². The molecule has 0 radical (unpaired) electrons. The molecule has 0 N–H and O–H groups in total. The van der Waals surface area contributed by atoms with E-state index < -0.39 is 0 Å². The van der Waals surface area contributed by atoms with E-state index in [9.17, 15) is 0 Å². The van der Waals surface area contributed by atoms with Crippen LogP contribution in [0.25, 0.3) is 27.5 Å². The third-order valence-corrected chi connectivity index (χ3v) is 17.9. The fraction of sp³-hybridized carbons (Fsp3) is 0.344. The summed E-state index contributed by atoms with van der Waals surface area (Å²) in [6.45, 7) is 38.0. The van der Waals surface area contributed by atoms with Crippen LogP contribution in [0.3, 0.4) is 0 Å². The molecular weight excluding hydrogens is 868 g/mol. The fourth-order valence-corrected chi connectivity index (χ4v) is 14.6. The lowest BCUT2D eigenvalue weighted by molar-refractivity contribution is 0.812. The Morgan fingerprint density at radius 2 is 0.783 bits per heavy atom. The van der Waals surface area contributed by atoms with Gasteiger partial charge in [-0.05, 0) is 144 Å². The molecule has 350 valence electrons. The minimum Gasteiger partial charge on any atom is -0.309 e. The highest BCUT2D eigenvalue weighted by atomic mass is 32.2. The zero-order chi connectivity index (χ0) is 49.1. The second-order valence-electron chi connectivity index (χ2n) is 22.7. The maximum absolute atomic E-state index is 2.71. The Kier molecular flexibility index (Phi) is 12.5. The van der Waals surface area contributed by atoms with E-state index in [-0.39, 0.29) is 13.4 Å². The van der Waals surface area contributed by atoms with Crippen molar-refractivity contribution in [3.8, 4) is 5.69 Å². The van der Waals surface area contributed by atoms with Crippen LogP contribution in [0.2, 0.25) is 0 Å². The number of aromatic nitrogens is 1. The van der Waals surface area contributed by atoms with Crippen LogP contribution in [0, 0.1) is 27.7 Å². The van der Waals surface area contributed by atoms with Crippen LogP contribution in [-0.4, -0.2) is 18.0 Å². The van der Waals surface area contributed by atoms with E-state index in [2.05, 4.69) is 218 Å². The van der Waals surface area contributed by atoms with Gasteiger partial charge in [0.25, 0.3) is 0 Å². The summed E-state index contributed by atoms with van der Waals surface area (Å²) in [5.41, 5.74) is 26.8. The van der Waals surface area contributed by atoms with Gasteiger partial charge in [0.2, 0.25) is 13.4 Å². The Hall–Kier alpha value is -4.83. The molecule has 2 aliphatic heterocycles. The molecule has 69 heavy (non-hydrogen) atoms. The summed E-state index contributed by atoms with van der Waals surface area (Å²) in [5.74, 6) is 2.41. The van der Waals surface area contributed by atoms with Crippen molar-refractivity contribution in [2.24, 2.45) is 0 Å². The number of rotatable bonds is 9. The molecule has 0 unspecified atom stereocenters. The second kappa shape index (κ2) is 18.1. The second-order valence-corrected chi connectivity index (χ2v) is 24.9. The van der Waals surface area contributed by atoms with Crippen molar-refractivity contribution < 1.29 is 0 Å². The van der Waals surface area contributed by atoms with E-state index in [4.69, 9.17) is 0 Å². The van der Waals surface area contributed by atoms with Gasteiger partial charge in [0.05, 0.1) is 11.0 Å². The molecule has 5 heteroatoms. The van der Waals surface area contributed by atoms with Crippen LogP contribution in [0.1, 0.15) is 174 Å². The molecule has 0 spiro atoms. The van der Waals surface area contributed by atoms with Gasteiger partial charge in [0.15, 0.2) is 0 Å². The van der Waals surface area contributed by atoms with E-state index in [1.807, 2.05) is 23.5 Å². The molecular formula is C64H71B2NS2. The first kappa shape index (κ1) is 47.8. The average Bonchev–Trinajstić information content (AvgIpc) is 3.62. The van der Waals surface area contributed by atoms with E-state index in [1.54, 1.807) is 0 Å². The van der Waals surface area contributed by atoms with Gasteiger partial charge in [-0.3, -0.25) is 0 Å². The number of benzene rings is 7. The molecule has 7 aromatic carbocycles. The monoisotopic (exact) mass is 940 g/mol. The average molecular weight is 940 g/mol. The molecule has 2 aliphatic rings. The molecule has 10 rings (SSSR count). The van der Waals surface area contributed by atoms with Crippen LogP contribution in [0.15, 0.2) is 123 Å². The summed E-state index contributed by atoms with van der Waals surface area (Å²) in [7, 11) is 0. The van der Waals surface area contributed by atoms with Crippen LogP contribution in [0.4, 0.5) is 0 Å². The highest BCUT2D eigenvalue weighted by molar-refractivity contribution is 8.01. The third kappa shape index (κ3) is 8.07. The normalized spacial score (nSPS) is 13.5. The van der Waals surface area contributed by atoms with Gasteiger partial charge in [-0.1, -0.05) is 217 Å². The van der Waals surface area contributed by atoms with Crippen molar-refractivity contribution in [1.82, 2.24) is 4.57 Å². The van der Waals surface area contributed by atoms with Gasteiger partial charge in [0, 0.05) is 36.0 Å². The first-order valence-electron chi connectivity index (χ1n) is 26.0. The molecule has 3 heterocycles. The highest BCUT2D eigenvalue weighted by Gasteiger charge is 2.41. The lowest BCUT2D eigenvalue weighted by atomic mass is 9.31. The number of aryl methyl sites for hydroxylation is 4. The van der Waals surface area contributed by atoms with Crippen molar-refractivity contribution in [1.29, 1.82) is 0 Å². The van der Waals surface area contributed by atoms with E-state index >= 15 is 0 Å². The number of hydrogen-bond acceptors (Lipinski definition) is 2. The Morgan fingerprint density at radius 1 is 0.377 bits per heavy atom. The largest absolute Gasteiger partial charge is 0.309 e. The molecule has 0 fully saturated rings. The summed E-state index contributed by atoms with van der Waals surface area (Å²) in [4.78, 5) is 5.51. The molecule has 8 aromatic rings. The van der Waals surface area contributed by atoms with Gasteiger partial charge in [-0.2, -0.15) is 0 Å². The zero-order valence-electron chi connectivity index (χ0n) is 44.2. The molecule has 0 bridgehead atoms. The smallest absolute Gasteiger partial charge is 0.244 e. The summed E-state index contributed by atoms with van der Waals surface area (Å²) in [6.07, 6.45) is 0.